The quantitative estimate of drug-likeness (QED) is 0.758. The van der Waals surface area contributed by atoms with Crippen molar-refractivity contribution in [3.8, 4) is 0 Å². The lowest BCUT2D eigenvalue weighted by Crippen LogP contribution is -2.43. The third-order valence-corrected chi connectivity index (χ3v) is 4.38. The number of hydrogen-bond acceptors (Lipinski definition) is 4. The number of aliphatic hydroxyl groups is 1. The van der Waals surface area contributed by atoms with Crippen LogP contribution in [0.4, 0.5) is 0 Å². The van der Waals surface area contributed by atoms with E-state index in [-0.39, 0.29) is 24.8 Å². The fourth-order valence-electron chi connectivity index (χ4n) is 2.63. The molecule has 6 heteroatoms. The van der Waals surface area contributed by atoms with E-state index < -0.39 is 11.7 Å². The predicted octanol–water partition coefficient (Wildman–Crippen LogP) is 3.03. The van der Waals surface area contributed by atoms with Gasteiger partial charge in [-0.15, -0.1) is 0 Å². The van der Waals surface area contributed by atoms with Gasteiger partial charge in [0.25, 0.3) is 5.91 Å². The van der Waals surface area contributed by atoms with Crippen LogP contribution in [0.1, 0.15) is 11.1 Å². The minimum absolute atomic E-state index is 0.0686. The van der Waals surface area contributed by atoms with E-state index >= 15 is 0 Å². The van der Waals surface area contributed by atoms with Gasteiger partial charge in [0, 0.05) is 0 Å². The van der Waals surface area contributed by atoms with Gasteiger partial charge in [-0.3, -0.25) is 4.79 Å². The molecule has 0 aliphatic carbocycles. The minimum Gasteiger partial charge on any atom is -0.489 e. The summed E-state index contributed by atoms with van der Waals surface area (Å²) in [5.41, 5.74) is 1.15. The smallest absolute Gasteiger partial charge is 0.265 e. The first-order valence-corrected chi connectivity index (χ1v) is 8.72. The first-order chi connectivity index (χ1) is 12.6. The molecule has 136 valence electrons. The zero-order valence-corrected chi connectivity index (χ0v) is 14.9. The van der Waals surface area contributed by atoms with E-state index in [1.165, 1.54) is 11.2 Å². The molecule has 2 aromatic rings. The highest BCUT2D eigenvalue weighted by Crippen LogP contribution is 2.23. The molecule has 2 unspecified atom stereocenters. The zero-order chi connectivity index (χ0) is 18.4. The van der Waals surface area contributed by atoms with Crippen molar-refractivity contribution < 1.29 is 19.4 Å². The van der Waals surface area contributed by atoms with Crippen LogP contribution in [0, 0.1) is 0 Å². The fourth-order valence-corrected chi connectivity index (χ4v) is 2.83. The molecule has 0 saturated heterocycles. The lowest BCUT2D eigenvalue weighted by atomic mass is 10.1. The van der Waals surface area contributed by atoms with Crippen LogP contribution >= 0.6 is 11.6 Å². The van der Waals surface area contributed by atoms with E-state index in [1.54, 1.807) is 0 Å². The number of ether oxygens (including phenoxy) is 2. The van der Waals surface area contributed by atoms with Gasteiger partial charge in [-0.05, 0) is 11.1 Å². The number of carbonyl (C=O) groups excluding carboxylic acids is 1. The molecule has 3 rings (SSSR count). The first kappa shape index (κ1) is 18.5. The van der Waals surface area contributed by atoms with Crippen molar-refractivity contribution >= 4 is 17.5 Å². The van der Waals surface area contributed by atoms with E-state index in [2.05, 4.69) is 0 Å². The molecule has 0 saturated carbocycles. The second-order valence-electron chi connectivity index (χ2n) is 5.91. The average Bonchev–Trinajstić information content (AvgIpc) is 2.69. The average molecular weight is 374 g/mol. The van der Waals surface area contributed by atoms with Crippen LogP contribution < -0.4 is 0 Å². The van der Waals surface area contributed by atoms with Crippen molar-refractivity contribution in [3.05, 3.63) is 83.7 Å². The van der Waals surface area contributed by atoms with Crippen molar-refractivity contribution in [3.63, 3.8) is 0 Å². The highest BCUT2D eigenvalue weighted by Gasteiger charge is 2.32. The number of rotatable bonds is 7. The number of nitrogens with zero attached hydrogens (tertiary/aromatic N) is 1. The summed E-state index contributed by atoms with van der Waals surface area (Å²) in [6, 6.07) is 19.0. The van der Waals surface area contributed by atoms with Crippen molar-refractivity contribution in [2.45, 2.75) is 24.8 Å². The molecule has 0 fully saturated rings. The van der Waals surface area contributed by atoms with Crippen LogP contribution in [0.2, 0.25) is 0 Å². The second-order valence-corrected chi connectivity index (χ2v) is 6.34. The van der Waals surface area contributed by atoms with E-state index in [4.69, 9.17) is 21.1 Å². The Kier molecular flexibility index (Phi) is 6.28. The Bertz CT molecular complexity index is 751. The number of hydrogen-bond donors (Lipinski definition) is 1. The third kappa shape index (κ3) is 4.64. The van der Waals surface area contributed by atoms with Gasteiger partial charge in [0.15, 0.2) is 12.2 Å². The molecule has 0 aromatic heterocycles. The lowest BCUT2D eigenvalue weighted by molar-refractivity contribution is -0.137. The maximum absolute atomic E-state index is 12.3. The van der Waals surface area contributed by atoms with E-state index in [1.807, 2.05) is 60.7 Å². The molecule has 1 N–H and O–H groups in total. The van der Waals surface area contributed by atoms with Gasteiger partial charge in [-0.2, -0.15) is 0 Å². The molecule has 1 aliphatic rings. The topological polar surface area (TPSA) is 59.0 Å². The lowest BCUT2D eigenvalue weighted by Gasteiger charge is -2.32. The predicted molar refractivity (Wildman–Crippen MR) is 97.9 cm³/mol. The molecule has 26 heavy (non-hydrogen) atoms. The Morgan fingerprint density at radius 1 is 1.08 bits per heavy atom. The SMILES string of the molecule is O=C1COC=C(C(O)C(Cl)OCc2ccccc2)N1Cc1ccccc1. The van der Waals surface area contributed by atoms with Crippen molar-refractivity contribution in [1.82, 2.24) is 4.90 Å². The minimum atomic E-state index is -1.20. The van der Waals surface area contributed by atoms with Gasteiger partial charge < -0.3 is 19.5 Å². The van der Waals surface area contributed by atoms with Gasteiger partial charge >= 0.3 is 0 Å². The van der Waals surface area contributed by atoms with E-state index in [9.17, 15) is 9.90 Å². The van der Waals surface area contributed by atoms with E-state index in [0.29, 0.717) is 6.54 Å². The Morgan fingerprint density at radius 3 is 2.35 bits per heavy atom. The molecule has 0 spiro atoms. The third-order valence-electron chi connectivity index (χ3n) is 4.01. The maximum atomic E-state index is 12.3. The molecular weight excluding hydrogens is 354 g/mol. The van der Waals surface area contributed by atoms with Crippen molar-refractivity contribution in [2.75, 3.05) is 6.61 Å². The van der Waals surface area contributed by atoms with Crippen molar-refractivity contribution in [1.29, 1.82) is 0 Å². The molecule has 2 aromatic carbocycles. The van der Waals surface area contributed by atoms with Gasteiger partial charge in [-0.25, -0.2) is 0 Å². The summed E-state index contributed by atoms with van der Waals surface area (Å²) in [5, 5.41) is 10.6. The number of alkyl halides is 1. The van der Waals surface area contributed by atoms with Gasteiger partial charge in [0.1, 0.15) is 12.4 Å². The summed E-state index contributed by atoms with van der Waals surface area (Å²) in [7, 11) is 0. The molecule has 1 aliphatic heterocycles. The summed E-state index contributed by atoms with van der Waals surface area (Å²) in [6.07, 6.45) is 0.171. The number of amides is 1. The van der Waals surface area contributed by atoms with Gasteiger partial charge in [0.2, 0.25) is 0 Å². The summed E-state index contributed by atoms with van der Waals surface area (Å²) in [6.45, 7) is 0.516. The molecule has 2 atom stereocenters. The number of benzene rings is 2. The monoisotopic (exact) mass is 373 g/mol. The van der Waals surface area contributed by atoms with Crippen LogP contribution in [0.25, 0.3) is 0 Å². The fraction of sp³-hybridized carbons (Fsp3) is 0.250. The van der Waals surface area contributed by atoms with Crippen LogP contribution in [0.15, 0.2) is 72.6 Å². The largest absolute Gasteiger partial charge is 0.489 e. The standard InChI is InChI=1S/C20H20ClNO4/c21-20(26-12-16-9-5-2-6-10-16)19(24)17-13-25-14-18(23)22(17)11-15-7-3-1-4-8-15/h1-10,13,19-20,24H,11-12,14H2. The molecule has 5 nitrogen and oxygen atoms in total. The maximum Gasteiger partial charge on any atom is 0.265 e. The number of carbonyl (C=O) groups is 1. The van der Waals surface area contributed by atoms with Gasteiger partial charge in [0.05, 0.1) is 18.8 Å². The zero-order valence-electron chi connectivity index (χ0n) is 14.1. The molecular formula is C20H20ClNO4. The van der Waals surface area contributed by atoms with Crippen LogP contribution in [0.3, 0.4) is 0 Å². The second kappa shape index (κ2) is 8.85. The van der Waals surface area contributed by atoms with Crippen molar-refractivity contribution in [2.24, 2.45) is 0 Å². The van der Waals surface area contributed by atoms with E-state index in [0.717, 1.165) is 11.1 Å². The highest BCUT2D eigenvalue weighted by atomic mass is 35.5. The molecule has 1 heterocycles. The summed E-state index contributed by atoms with van der Waals surface area (Å²) >= 11 is 6.22. The summed E-state index contributed by atoms with van der Waals surface area (Å²) < 4.78 is 10.7. The highest BCUT2D eigenvalue weighted by molar-refractivity contribution is 6.20. The normalized spacial score (nSPS) is 16.6. The van der Waals surface area contributed by atoms with Crippen LogP contribution in [0.5, 0.6) is 0 Å². The Labute approximate surface area is 157 Å². The Balaban J connectivity index is 1.67. The summed E-state index contributed by atoms with van der Waals surface area (Å²) in [5.74, 6) is -0.239. The Morgan fingerprint density at radius 2 is 1.69 bits per heavy atom. The first-order valence-electron chi connectivity index (χ1n) is 8.29. The number of halogens is 1. The van der Waals surface area contributed by atoms with Crippen LogP contribution in [-0.2, 0) is 27.4 Å². The van der Waals surface area contributed by atoms with Gasteiger partial charge in [-0.1, -0.05) is 72.3 Å². The molecule has 0 bridgehead atoms. The Hall–Kier alpha value is -2.34. The molecule has 0 radical (unpaired) electrons. The summed E-state index contributed by atoms with van der Waals surface area (Å²) in [4.78, 5) is 13.8. The molecule has 1 amide bonds. The van der Waals surface area contributed by atoms with Crippen LogP contribution in [-0.4, -0.2) is 34.2 Å². The number of aliphatic hydroxyl groups excluding tert-OH is 1.